The van der Waals surface area contributed by atoms with Gasteiger partial charge in [0.05, 0.1) is 0 Å². The summed E-state index contributed by atoms with van der Waals surface area (Å²) in [6.45, 7) is 2.17. The van der Waals surface area contributed by atoms with E-state index in [-0.39, 0.29) is 11.8 Å². The van der Waals surface area contributed by atoms with Crippen molar-refractivity contribution in [3.05, 3.63) is 77.9 Å². The molecule has 0 aliphatic heterocycles. The summed E-state index contributed by atoms with van der Waals surface area (Å²) < 4.78 is 0. The zero-order valence-electron chi connectivity index (χ0n) is 13.2. The second-order valence-electron chi connectivity index (χ2n) is 5.65. The van der Waals surface area contributed by atoms with Gasteiger partial charge in [0.15, 0.2) is 0 Å². The van der Waals surface area contributed by atoms with E-state index in [1.807, 2.05) is 36.4 Å². The van der Waals surface area contributed by atoms with E-state index >= 15 is 0 Å². The molecule has 0 fully saturated rings. The fraction of sp³-hybridized carbons (Fsp3) is 0.286. The maximum absolute atomic E-state index is 11.6. The maximum Gasteiger partial charge on any atom is 0.123 e. The lowest BCUT2D eigenvalue weighted by Crippen LogP contribution is -2.12. The molecular weight excluding hydrogens is 268 g/mol. The molecule has 0 radical (unpaired) electrons. The first-order valence-corrected chi connectivity index (χ1v) is 8.08. The van der Waals surface area contributed by atoms with Crippen LogP contribution in [-0.4, -0.2) is 6.29 Å². The number of benzene rings is 2. The second-order valence-corrected chi connectivity index (χ2v) is 5.65. The maximum atomic E-state index is 11.6. The van der Waals surface area contributed by atoms with Gasteiger partial charge < -0.3 is 4.79 Å². The lowest BCUT2D eigenvalue weighted by atomic mass is 9.83. The minimum atomic E-state index is 0.0438. The van der Waals surface area contributed by atoms with Gasteiger partial charge in [-0.3, -0.25) is 0 Å². The minimum Gasteiger partial charge on any atom is -0.303 e. The van der Waals surface area contributed by atoms with Gasteiger partial charge in [-0.15, -0.1) is 0 Å². The number of unbranched alkanes of at least 4 members (excludes halogenated alkanes) is 1. The van der Waals surface area contributed by atoms with Gasteiger partial charge in [-0.1, -0.05) is 92.6 Å². The highest BCUT2D eigenvalue weighted by Crippen LogP contribution is 2.29. The summed E-state index contributed by atoms with van der Waals surface area (Å²) in [5, 5.41) is 0. The molecule has 114 valence electrons. The summed E-state index contributed by atoms with van der Waals surface area (Å²) in [7, 11) is 0. The Balaban J connectivity index is 2.25. The van der Waals surface area contributed by atoms with Gasteiger partial charge >= 0.3 is 0 Å². The van der Waals surface area contributed by atoms with Crippen LogP contribution in [0.15, 0.2) is 66.7 Å². The summed E-state index contributed by atoms with van der Waals surface area (Å²) in [5.74, 6) is 0.188. The summed E-state index contributed by atoms with van der Waals surface area (Å²) in [6.07, 6.45) is 8.58. The lowest BCUT2D eigenvalue weighted by Gasteiger charge is -2.20. The van der Waals surface area contributed by atoms with Crippen molar-refractivity contribution in [3.63, 3.8) is 0 Å². The predicted octanol–water partition coefficient (Wildman–Crippen LogP) is 5.49. The molecule has 0 amide bonds. The second kappa shape index (κ2) is 8.99. The molecule has 0 spiro atoms. The average molecular weight is 292 g/mol. The Morgan fingerprint density at radius 3 is 2.18 bits per heavy atom. The molecule has 0 aliphatic rings. The Hall–Kier alpha value is -2.15. The van der Waals surface area contributed by atoms with Crippen molar-refractivity contribution >= 4 is 12.4 Å². The standard InChI is InChI=1S/C21H24O/c1-2-3-12-20(17-22)21(19-13-8-5-9-14-19)16-15-18-10-6-4-7-11-18/h4-11,13-17,20-21H,2-3,12H2,1H3/b16-15+/t20-,21-/m1/s1. The predicted molar refractivity (Wildman–Crippen MR) is 93.7 cm³/mol. The van der Waals surface area contributed by atoms with E-state index in [1.165, 1.54) is 11.1 Å². The van der Waals surface area contributed by atoms with Gasteiger partial charge in [-0.2, -0.15) is 0 Å². The highest BCUT2D eigenvalue weighted by Gasteiger charge is 2.19. The molecular formula is C21H24O. The van der Waals surface area contributed by atoms with Crippen molar-refractivity contribution in [2.45, 2.75) is 32.1 Å². The van der Waals surface area contributed by atoms with Crippen molar-refractivity contribution in [3.8, 4) is 0 Å². The van der Waals surface area contributed by atoms with Crippen LogP contribution in [0.4, 0.5) is 0 Å². The number of rotatable bonds is 8. The molecule has 0 aliphatic carbocycles. The van der Waals surface area contributed by atoms with E-state index in [0.29, 0.717) is 0 Å². The molecule has 2 rings (SSSR count). The molecule has 1 heteroatoms. The van der Waals surface area contributed by atoms with E-state index in [9.17, 15) is 4.79 Å². The van der Waals surface area contributed by atoms with Gasteiger partial charge in [0.2, 0.25) is 0 Å². The Morgan fingerprint density at radius 2 is 1.59 bits per heavy atom. The number of allylic oxidation sites excluding steroid dienone is 1. The quantitative estimate of drug-likeness (QED) is 0.588. The molecule has 0 saturated carbocycles. The van der Waals surface area contributed by atoms with Crippen LogP contribution in [0.3, 0.4) is 0 Å². The number of carbonyl (C=O) groups is 1. The SMILES string of the molecule is CCCC[C@H](C=O)[C@H](/C=C/c1ccccc1)c1ccccc1. The van der Waals surface area contributed by atoms with Gasteiger partial charge in [0.1, 0.15) is 6.29 Å². The summed E-state index contributed by atoms with van der Waals surface area (Å²) in [4.78, 5) is 11.6. The molecule has 0 unspecified atom stereocenters. The van der Waals surface area contributed by atoms with Crippen LogP contribution in [0.5, 0.6) is 0 Å². The van der Waals surface area contributed by atoms with Crippen molar-refractivity contribution in [1.29, 1.82) is 0 Å². The van der Waals surface area contributed by atoms with Crippen LogP contribution in [0, 0.1) is 5.92 Å². The number of hydrogen-bond donors (Lipinski definition) is 0. The van der Waals surface area contributed by atoms with Crippen molar-refractivity contribution in [2.75, 3.05) is 0 Å². The molecule has 0 bridgehead atoms. The molecule has 22 heavy (non-hydrogen) atoms. The summed E-state index contributed by atoms with van der Waals surface area (Å²) in [5.41, 5.74) is 2.38. The molecule has 0 N–H and O–H groups in total. The molecule has 1 nitrogen and oxygen atoms in total. The third kappa shape index (κ3) is 4.70. The van der Waals surface area contributed by atoms with Crippen molar-refractivity contribution in [2.24, 2.45) is 5.92 Å². The van der Waals surface area contributed by atoms with Crippen LogP contribution >= 0.6 is 0 Å². The zero-order chi connectivity index (χ0) is 15.6. The Labute approximate surface area is 133 Å². The first kappa shape index (κ1) is 16.2. The Bertz CT molecular complexity index is 571. The van der Waals surface area contributed by atoms with Gasteiger partial charge in [0, 0.05) is 11.8 Å². The lowest BCUT2D eigenvalue weighted by molar-refractivity contribution is -0.111. The normalized spacial score (nSPS) is 13.9. The van der Waals surface area contributed by atoms with Crippen molar-refractivity contribution in [1.82, 2.24) is 0 Å². The highest BCUT2D eigenvalue weighted by atomic mass is 16.1. The number of hydrogen-bond acceptors (Lipinski definition) is 1. The largest absolute Gasteiger partial charge is 0.303 e. The van der Waals surface area contributed by atoms with Crippen LogP contribution in [0.1, 0.15) is 43.2 Å². The first-order valence-electron chi connectivity index (χ1n) is 8.08. The fourth-order valence-corrected chi connectivity index (χ4v) is 2.73. The molecule has 0 aromatic heterocycles. The number of aldehydes is 1. The van der Waals surface area contributed by atoms with Crippen LogP contribution in [0.2, 0.25) is 0 Å². The van der Waals surface area contributed by atoms with E-state index in [1.54, 1.807) is 0 Å². The third-order valence-corrected chi connectivity index (χ3v) is 4.01. The van der Waals surface area contributed by atoms with E-state index in [0.717, 1.165) is 25.5 Å². The summed E-state index contributed by atoms with van der Waals surface area (Å²) in [6, 6.07) is 20.6. The highest BCUT2D eigenvalue weighted by molar-refractivity contribution is 5.59. The average Bonchev–Trinajstić information content (AvgIpc) is 2.59. The molecule has 0 heterocycles. The Morgan fingerprint density at radius 1 is 0.955 bits per heavy atom. The van der Waals surface area contributed by atoms with E-state index < -0.39 is 0 Å². The fourth-order valence-electron chi connectivity index (χ4n) is 2.73. The van der Waals surface area contributed by atoms with Crippen LogP contribution in [-0.2, 0) is 4.79 Å². The molecule has 2 aromatic rings. The minimum absolute atomic E-state index is 0.0438. The van der Waals surface area contributed by atoms with Crippen molar-refractivity contribution < 1.29 is 4.79 Å². The monoisotopic (exact) mass is 292 g/mol. The topological polar surface area (TPSA) is 17.1 Å². The summed E-state index contributed by atoms with van der Waals surface area (Å²) >= 11 is 0. The smallest absolute Gasteiger partial charge is 0.123 e. The number of carbonyl (C=O) groups excluding carboxylic acids is 1. The zero-order valence-corrected chi connectivity index (χ0v) is 13.2. The third-order valence-electron chi connectivity index (χ3n) is 4.01. The Kier molecular flexibility index (Phi) is 6.63. The molecule has 2 aromatic carbocycles. The molecule has 2 atom stereocenters. The van der Waals surface area contributed by atoms with Crippen LogP contribution in [0.25, 0.3) is 6.08 Å². The van der Waals surface area contributed by atoms with Crippen LogP contribution < -0.4 is 0 Å². The van der Waals surface area contributed by atoms with Gasteiger partial charge in [-0.25, -0.2) is 0 Å². The van der Waals surface area contributed by atoms with Gasteiger partial charge in [-0.05, 0) is 17.5 Å². The van der Waals surface area contributed by atoms with E-state index in [4.69, 9.17) is 0 Å². The van der Waals surface area contributed by atoms with Gasteiger partial charge in [0.25, 0.3) is 0 Å². The van der Waals surface area contributed by atoms with E-state index in [2.05, 4.69) is 43.3 Å². The first-order chi connectivity index (χ1) is 10.8. The molecule has 0 saturated heterocycles.